The zero-order valence-corrected chi connectivity index (χ0v) is 11.0. The van der Waals surface area contributed by atoms with Crippen molar-refractivity contribution in [2.75, 3.05) is 13.0 Å². The van der Waals surface area contributed by atoms with Crippen LogP contribution in [0.25, 0.3) is 0 Å². The summed E-state index contributed by atoms with van der Waals surface area (Å²) in [6.45, 7) is 1.95. The van der Waals surface area contributed by atoms with Gasteiger partial charge < -0.3 is 10.1 Å². The lowest BCUT2D eigenvalue weighted by molar-refractivity contribution is -0.121. The lowest BCUT2D eigenvalue weighted by Gasteiger charge is -2.12. The van der Waals surface area contributed by atoms with Crippen LogP contribution in [0.5, 0.6) is 5.75 Å². The van der Waals surface area contributed by atoms with Crippen LogP contribution in [-0.4, -0.2) is 24.9 Å². The lowest BCUT2D eigenvalue weighted by atomic mass is 10.1. The van der Waals surface area contributed by atoms with Gasteiger partial charge in [-0.05, 0) is 31.0 Å². The molecule has 1 rings (SSSR count). The maximum atomic E-state index is 11.7. The third kappa shape index (κ3) is 5.09. The number of rotatable bonds is 6. The highest BCUT2D eigenvalue weighted by Gasteiger charge is 2.07. The van der Waals surface area contributed by atoms with Gasteiger partial charge in [0.25, 0.3) is 0 Å². The van der Waals surface area contributed by atoms with Gasteiger partial charge in [-0.3, -0.25) is 4.79 Å². The first kappa shape index (κ1) is 13.8. The first-order valence-corrected chi connectivity index (χ1v) is 6.17. The summed E-state index contributed by atoms with van der Waals surface area (Å²) >= 11 is 5.61. The minimum absolute atomic E-state index is 0.0211. The molecule has 0 radical (unpaired) electrons. The summed E-state index contributed by atoms with van der Waals surface area (Å²) in [5.41, 5.74) is 0.973. The number of nitrogens with one attached hydrogen (secondary N) is 1. The number of carbonyl (C=O) groups excluding carboxylic acids is 1. The van der Waals surface area contributed by atoms with Gasteiger partial charge in [0.1, 0.15) is 5.75 Å². The van der Waals surface area contributed by atoms with Gasteiger partial charge in [0, 0.05) is 11.9 Å². The van der Waals surface area contributed by atoms with Crippen molar-refractivity contribution in [3.8, 4) is 5.75 Å². The van der Waals surface area contributed by atoms with Crippen LogP contribution >= 0.6 is 11.6 Å². The molecule has 1 N–H and O–H groups in total. The van der Waals surface area contributed by atoms with Crippen molar-refractivity contribution in [2.24, 2.45) is 0 Å². The van der Waals surface area contributed by atoms with Crippen LogP contribution in [0.1, 0.15) is 18.9 Å². The number of methoxy groups -OCH3 is 1. The first-order chi connectivity index (χ1) is 8.15. The third-order valence-corrected chi connectivity index (χ3v) is 2.69. The molecule has 4 heteroatoms. The molecule has 0 fully saturated rings. The first-order valence-electron chi connectivity index (χ1n) is 5.64. The number of alkyl halides is 1. The third-order valence-electron chi connectivity index (χ3n) is 2.47. The van der Waals surface area contributed by atoms with Crippen molar-refractivity contribution in [1.29, 1.82) is 0 Å². The van der Waals surface area contributed by atoms with Crippen molar-refractivity contribution in [3.05, 3.63) is 29.8 Å². The SMILES string of the molecule is COc1ccc(CC(=O)NC(C)CCCl)cc1. The molecule has 0 aromatic heterocycles. The molecule has 1 unspecified atom stereocenters. The molecule has 0 saturated carbocycles. The average molecular weight is 256 g/mol. The normalized spacial score (nSPS) is 11.9. The summed E-state index contributed by atoms with van der Waals surface area (Å²) in [5, 5.41) is 2.90. The highest BCUT2D eigenvalue weighted by Crippen LogP contribution is 2.11. The molecule has 17 heavy (non-hydrogen) atoms. The van der Waals surface area contributed by atoms with Crippen molar-refractivity contribution < 1.29 is 9.53 Å². The molecule has 1 aromatic carbocycles. The molecule has 1 amide bonds. The fourth-order valence-electron chi connectivity index (χ4n) is 1.49. The van der Waals surface area contributed by atoms with Crippen LogP contribution < -0.4 is 10.1 Å². The van der Waals surface area contributed by atoms with Gasteiger partial charge in [-0.15, -0.1) is 11.6 Å². The fraction of sp³-hybridized carbons (Fsp3) is 0.462. The van der Waals surface area contributed by atoms with Crippen molar-refractivity contribution >= 4 is 17.5 Å². The number of ether oxygens (including phenoxy) is 1. The Kier molecular flexibility index (Phi) is 5.84. The van der Waals surface area contributed by atoms with Gasteiger partial charge in [-0.25, -0.2) is 0 Å². The number of hydrogen-bond donors (Lipinski definition) is 1. The van der Waals surface area contributed by atoms with Gasteiger partial charge in [0.2, 0.25) is 5.91 Å². The van der Waals surface area contributed by atoms with E-state index in [0.717, 1.165) is 17.7 Å². The zero-order chi connectivity index (χ0) is 12.7. The van der Waals surface area contributed by atoms with Gasteiger partial charge in [0.05, 0.1) is 13.5 Å². The number of benzene rings is 1. The molecule has 0 heterocycles. The Hall–Kier alpha value is -1.22. The Labute approximate surface area is 107 Å². The van der Waals surface area contributed by atoms with E-state index in [4.69, 9.17) is 16.3 Å². The van der Waals surface area contributed by atoms with E-state index in [1.54, 1.807) is 7.11 Å². The zero-order valence-electron chi connectivity index (χ0n) is 10.2. The summed E-state index contributed by atoms with van der Waals surface area (Å²) in [5.74, 6) is 1.38. The van der Waals surface area contributed by atoms with E-state index in [1.807, 2.05) is 31.2 Å². The van der Waals surface area contributed by atoms with Crippen LogP contribution in [0.15, 0.2) is 24.3 Å². The smallest absolute Gasteiger partial charge is 0.224 e. The van der Waals surface area contributed by atoms with Crippen LogP contribution in [0, 0.1) is 0 Å². The molecular formula is C13H18ClNO2. The number of amides is 1. The molecule has 0 bridgehead atoms. The maximum absolute atomic E-state index is 11.7. The average Bonchev–Trinajstić information content (AvgIpc) is 2.30. The quantitative estimate of drug-likeness (QED) is 0.793. The van der Waals surface area contributed by atoms with Crippen LogP contribution in [0.4, 0.5) is 0 Å². The molecule has 1 aromatic rings. The Morgan fingerprint density at radius 3 is 2.59 bits per heavy atom. The van der Waals surface area contributed by atoms with E-state index >= 15 is 0 Å². The van der Waals surface area contributed by atoms with Crippen molar-refractivity contribution in [3.63, 3.8) is 0 Å². The van der Waals surface area contributed by atoms with E-state index in [2.05, 4.69) is 5.32 Å². The van der Waals surface area contributed by atoms with E-state index in [0.29, 0.717) is 12.3 Å². The molecular weight excluding hydrogens is 238 g/mol. The summed E-state index contributed by atoms with van der Waals surface area (Å²) in [7, 11) is 1.62. The number of carbonyl (C=O) groups is 1. The summed E-state index contributed by atoms with van der Waals surface area (Å²) in [4.78, 5) is 11.7. The van der Waals surface area contributed by atoms with E-state index in [9.17, 15) is 4.79 Å². The summed E-state index contributed by atoms with van der Waals surface area (Å²) in [6, 6.07) is 7.61. The molecule has 0 saturated heterocycles. The Morgan fingerprint density at radius 2 is 2.06 bits per heavy atom. The molecule has 1 atom stereocenters. The van der Waals surface area contributed by atoms with E-state index in [1.165, 1.54) is 0 Å². The monoisotopic (exact) mass is 255 g/mol. The number of halogens is 1. The van der Waals surface area contributed by atoms with Crippen LogP contribution in [-0.2, 0) is 11.2 Å². The Bertz CT molecular complexity index is 351. The highest BCUT2D eigenvalue weighted by molar-refractivity contribution is 6.17. The van der Waals surface area contributed by atoms with Crippen LogP contribution in [0.2, 0.25) is 0 Å². The second kappa shape index (κ2) is 7.17. The standard InChI is InChI=1S/C13H18ClNO2/c1-10(7-8-14)15-13(16)9-11-3-5-12(17-2)6-4-11/h3-6,10H,7-9H2,1-2H3,(H,15,16). The van der Waals surface area contributed by atoms with E-state index < -0.39 is 0 Å². The maximum Gasteiger partial charge on any atom is 0.224 e. The Morgan fingerprint density at radius 1 is 1.41 bits per heavy atom. The Balaban J connectivity index is 2.44. The molecule has 0 aliphatic heterocycles. The topological polar surface area (TPSA) is 38.3 Å². The second-order valence-electron chi connectivity index (χ2n) is 3.97. The minimum atomic E-state index is 0.0211. The minimum Gasteiger partial charge on any atom is -0.497 e. The van der Waals surface area contributed by atoms with Crippen molar-refractivity contribution in [1.82, 2.24) is 5.32 Å². The molecule has 3 nitrogen and oxygen atoms in total. The molecule has 0 spiro atoms. The fourth-order valence-corrected chi connectivity index (χ4v) is 1.82. The predicted molar refractivity (Wildman–Crippen MR) is 69.6 cm³/mol. The summed E-state index contributed by atoms with van der Waals surface area (Å²) in [6.07, 6.45) is 1.17. The second-order valence-corrected chi connectivity index (χ2v) is 4.35. The van der Waals surface area contributed by atoms with Gasteiger partial charge in [-0.1, -0.05) is 12.1 Å². The molecule has 0 aliphatic rings. The van der Waals surface area contributed by atoms with Crippen molar-refractivity contribution in [2.45, 2.75) is 25.8 Å². The van der Waals surface area contributed by atoms with Crippen LogP contribution in [0.3, 0.4) is 0 Å². The van der Waals surface area contributed by atoms with Gasteiger partial charge in [0.15, 0.2) is 0 Å². The molecule has 0 aliphatic carbocycles. The number of hydrogen-bond acceptors (Lipinski definition) is 2. The highest BCUT2D eigenvalue weighted by atomic mass is 35.5. The molecule has 94 valence electrons. The van der Waals surface area contributed by atoms with Gasteiger partial charge in [-0.2, -0.15) is 0 Å². The lowest BCUT2D eigenvalue weighted by Crippen LogP contribution is -2.33. The largest absolute Gasteiger partial charge is 0.497 e. The van der Waals surface area contributed by atoms with E-state index in [-0.39, 0.29) is 11.9 Å². The predicted octanol–water partition coefficient (Wildman–Crippen LogP) is 2.37. The van der Waals surface area contributed by atoms with Gasteiger partial charge >= 0.3 is 0 Å². The summed E-state index contributed by atoms with van der Waals surface area (Å²) < 4.78 is 5.06.